The Morgan fingerprint density at radius 2 is 1.68 bits per heavy atom. The molecule has 2 rings (SSSR count). The van der Waals surface area contributed by atoms with Crippen LogP contribution >= 0.6 is 0 Å². The number of rotatable bonds is 3. The Balaban J connectivity index is 2.39. The van der Waals surface area contributed by atoms with Gasteiger partial charge in [-0.25, -0.2) is 0 Å². The van der Waals surface area contributed by atoms with E-state index in [0.29, 0.717) is 11.1 Å². The third-order valence-corrected chi connectivity index (χ3v) is 3.66. The van der Waals surface area contributed by atoms with E-state index < -0.39 is 4.92 Å². The van der Waals surface area contributed by atoms with Crippen LogP contribution in [0.25, 0.3) is 0 Å². The highest BCUT2D eigenvalue weighted by molar-refractivity contribution is 6.06. The molecule has 0 saturated carbocycles. The van der Waals surface area contributed by atoms with E-state index >= 15 is 0 Å². The second-order valence-electron chi connectivity index (χ2n) is 5.43. The molecule has 114 valence electrons. The Kier molecular flexibility index (Phi) is 4.26. The maximum atomic E-state index is 12.5. The van der Waals surface area contributed by atoms with Crippen LogP contribution in [0.15, 0.2) is 30.3 Å². The maximum Gasteiger partial charge on any atom is 0.273 e. The third-order valence-electron chi connectivity index (χ3n) is 3.66. The van der Waals surface area contributed by atoms with Crippen molar-refractivity contribution >= 4 is 17.3 Å². The predicted octanol–water partition coefficient (Wildman–Crippen LogP) is 4.08. The number of hydrogen-bond donors (Lipinski definition) is 1. The number of amides is 1. The largest absolute Gasteiger partial charge is 0.321 e. The molecule has 0 aliphatic heterocycles. The zero-order valence-corrected chi connectivity index (χ0v) is 13.1. The normalized spacial score (nSPS) is 10.4. The zero-order chi connectivity index (χ0) is 16.4. The number of nitro benzene ring substituents is 1. The average Bonchev–Trinajstić information content (AvgIpc) is 2.42. The topological polar surface area (TPSA) is 72.2 Å². The van der Waals surface area contributed by atoms with Crippen molar-refractivity contribution in [3.63, 3.8) is 0 Å². The summed E-state index contributed by atoms with van der Waals surface area (Å²) in [6.45, 7) is 7.43. The molecule has 5 heteroatoms. The molecule has 0 fully saturated rings. The van der Waals surface area contributed by atoms with Crippen LogP contribution in [0, 0.1) is 37.8 Å². The molecule has 0 aliphatic rings. The number of hydrogen-bond acceptors (Lipinski definition) is 3. The average molecular weight is 298 g/mol. The predicted molar refractivity (Wildman–Crippen MR) is 86.4 cm³/mol. The van der Waals surface area contributed by atoms with Gasteiger partial charge >= 0.3 is 0 Å². The molecular weight excluding hydrogens is 280 g/mol. The number of nitrogens with zero attached hydrogens (tertiary/aromatic N) is 1. The number of benzene rings is 2. The molecule has 5 nitrogen and oxygen atoms in total. The van der Waals surface area contributed by atoms with E-state index in [1.54, 1.807) is 13.0 Å². The lowest BCUT2D eigenvalue weighted by molar-refractivity contribution is -0.385. The van der Waals surface area contributed by atoms with Crippen LogP contribution < -0.4 is 5.32 Å². The molecule has 2 aromatic carbocycles. The summed E-state index contributed by atoms with van der Waals surface area (Å²) in [6.07, 6.45) is 0. The molecule has 1 amide bonds. The molecule has 0 atom stereocenters. The lowest BCUT2D eigenvalue weighted by atomic mass is 10.0. The monoisotopic (exact) mass is 298 g/mol. The third kappa shape index (κ3) is 2.98. The van der Waals surface area contributed by atoms with Crippen LogP contribution in [-0.4, -0.2) is 10.8 Å². The Hall–Kier alpha value is -2.69. The molecule has 0 aliphatic carbocycles. The van der Waals surface area contributed by atoms with Crippen molar-refractivity contribution in [3.05, 3.63) is 68.3 Å². The minimum atomic E-state index is -0.478. The second-order valence-corrected chi connectivity index (χ2v) is 5.43. The van der Waals surface area contributed by atoms with Crippen LogP contribution in [0.1, 0.15) is 32.6 Å². The van der Waals surface area contributed by atoms with Crippen LogP contribution in [0.3, 0.4) is 0 Å². The summed E-state index contributed by atoms with van der Waals surface area (Å²) in [6, 6.07) is 8.49. The van der Waals surface area contributed by atoms with E-state index in [1.807, 2.05) is 32.9 Å². The highest BCUT2D eigenvalue weighted by atomic mass is 16.6. The fourth-order valence-corrected chi connectivity index (χ4v) is 2.63. The Morgan fingerprint density at radius 3 is 2.23 bits per heavy atom. The highest BCUT2D eigenvalue weighted by Gasteiger charge is 2.18. The maximum absolute atomic E-state index is 12.5. The number of anilines is 1. The van der Waals surface area contributed by atoms with E-state index in [1.165, 1.54) is 12.1 Å². The second kappa shape index (κ2) is 5.97. The van der Waals surface area contributed by atoms with Gasteiger partial charge in [-0.1, -0.05) is 23.8 Å². The molecule has 0 saturated heterocycles. The van der Waals surface area contributed by atoms with E-state index in [9.17, 15) is 14.9 Å². The Morgan fingerprint density at radius 1 is 1.09 bits per heavy atom. The number of carbonyl (C=O) groups is 1. The van der Waals surface area contributed by atoms with E-state index in [0.717, 1.165) is 22.4 Å². The Labute approximate surface area is 129 Å². The van der Waals surface area contributed by atoms with Gasteiger partial charge in [0.05, 0.1) is 4.92 Å². The summed E-state index contributed by atoms with van der Waals surface area (Å²) in [5.41, 5.74) is 4.44. The van der Waals surface area contributed by atoms with Crippen LogP contribution in [-0.2, 0) is 0 Å². The van der Waals surface area contributed by atoms with Crippen LogP contribution in [0.5, 0.6) is 0 Å². The molecule has 0 aromatic heterocycles. The van der Waals surface area contributed by atoms with Crippen molar-refractivity contribution in [1.82, 2.24) is 0 Å². The highest BCUT2D eigenvalue weighted by Crippen LogP contribution is 2.25. The van der Waals surface area contributed by atoms with Crippen molar-refractivity contribution in [2.24, 2.45) is 0 Å². The number of carbonyl (C=O) groups excluding carboxylic acids is 1. The van der Waals surface area contributed by atoms with Crippen molar-refractivity contribution in [2.75, 3.05) is 5.32 Å². The van der Waals surface area contributed by atoms with Gasteiger partial charge in [-0.2, -0.15) is 0 Å². The molecular formula is C17H18N2O3. The molecule has 1 N–H and O–H groups in total. The van der Waals surface area contributed by atoms with E-state index in [-0.39, 0.29) is 11.6 Å². The van der Waals surface area contributed by atoms with Gasteiger partial charge < -0.3 is 5.32 Å². The molecule has 0 spiro atoms. The zero-order valence-electron chi connectivity index (χ0n) is 13.1. The standard InChI is InChI=1S/C17H18N2O3/c1-10-8-11(2)16(12(3)9-10)18-17(20)14-6-5-7-15(13(14)4)19(21)22/h5-9H,1-4H3,(H,18,20). The first kappa shape index (κ1) is 15.7. The Bertz CT molecular complexity index is 743. The van der Waals surface area contributed by atoms with E-state index in [2.05, 4.69) is 5.32 Å². The fraction of sp³-hybridized carbons (Fsp3) is 0.235. The van der Waals surface area contributed by atoms with Gasteiger partial charge in [0.15, 0.2) is 0 Å². The fourth-order valence-electron chi connectivity index (χ4n) is 2.63. The first-order valence-electron chi connectivity index (χ1n) is 6.94. The smallest absolute Gasteiger partial charge is 0.273 e. The summed E-state index contributed by atoms with van der Waals surface area (Å²) in [7, 11) is 0. The first-order valence-corrected chi connectivity index (χ1v) is 6.94. The minimum absolute atomic E-state index is 0.0509. The van der Waals surface area contributed by atoms with Crippen molar-refractivity contribution in [2.45, 2.75) is 27.7 Å². The minimum Gasteiger partial charge on any atom is -0.321 e. The van der Waals surface area contributed by atoms with Crippen molar-refractivity contribution < 1.29 is 9.72 Å². The number of nitro groups is 1. The lowest BCUT2D eigenvalue weighted by Crippen LogP contribution is -2.15. The molecule has 0 unspecified atom stereocenters. The molecule has 2 aromatic rings. The van der Waals surface area contributed by atoms with Crippen molar-refractivity contribution in [1.29, 1.82) is 0 Å². The number of nitrogens with one attached hydrogen (secondary N) is 1. The van der Waals surface area contributed by atoms with Gasteiger partial charge in [0.1, 0.15) is 0 Å². The quantitative estimate of drug-likeness (QED) is 0.685. The summed E-state index contributed by atoms with van der Waals surface area (Å²) < 4.78 is 0. The SMILES string of the molecule is Cc1cc(C)c(NC(=O)c2cccc([N+](=O)[O-])c2C)c(C)c1. The molecule has 0 radical (unpaired) electrons. The molecule has 22 heavy (non-hydrogen) atoms. The molecule has 0 bridgehead atoms. The van der Waals surface area contributed by atoms with Gasteiger partial charge in [0.2, 0.25) is 0 Å². The van der Waals surface area contributed by atoms with Crippen LogP contribution in [0.2, 0.25) is 0 Å². The summed E-state index contributed by atoms with van der Waals surface area (Å²) >= 11 is 0. The summed E-state index contributed by atoms with van der Waals surface area (Å²) in [4.78, 5) is 23.0. The summed E-state index contributed by atoms with van der Waals surface area (Å²) in [5.74, 6) is -0.337. The first-order chi connectivity index (χ1) is 10.3. The van der Waals surface area contributed by atoms with Gasteiger partial charge in [-0.3, -0.25) is 14.9 Å². The van der Waals surface area contributed by atoms with Gasteiger partial charge in [0.25, 0.3) is 11.6 Å². The lowest BCUT2D eigenvalue weighted by Gasteiger charge is -2.13. The summed E-state index contributed by atoms with van der Waals surface area (Å²) in [5, 5.41) is 13.8. The van der Waals surface area contributed by atoms with Crippen LogP contribution in [0.4, 0.5) is 11.4 Å². The van der Waals surface area contributed by atoms with Gasteiger partial charge in [-0.15, -0.1) is 0 Å². The van der Waals surface area contributed by atoms with Crippen molar-refractivity contribution in [3.8, 4) is 0 Å². The van der Waals surface area contributed by atoms with Gasteiger partial charge in [-0.05, 0) is 44.9 Å². The van der Waals surface area contributed by atoms with E-state index in [4.69, 9.17) is 0 Å². The molecule has 0 heterocycles. The van der Waals surface area contributed by atoms with Gasteiger partial charge in [0, 0.05) is 22.9 Å². The number of aryl methyl sites for hydroxylation is 3.